The fourth-order valence-corrected chi connectivity index (χ4v) is 3.03. The van der Waals surface area contributed by atoms with Gasteiger partial charge in [-0.25, -0.2) is 14.3 Å². The van der Waals surface area contributed by atoms with E-state index in [1.165, 1.54) is 12.4 Å². The first-order chi connectivity index (χ1) is 15.1. The van der Waals surface area contributed by atoms with Crippen molar-refractivity contribution in [3.8, 4) is 17.0 Å². The maximum absolute atomic E-state index is 12.5. The van der Waals surface area contributed by atoms with E-state index in [-0.39, 0.29) is 18.0 Å². The third kappa shape index (κ3) is 5.02. The predicted octanol–water partition coefficient (Wildman–Crippen LogP) is 2.20. The van der Waals surface area contributed by atoms with Crippen LogP contribution >= 0.6 is 0 Å². The lowest BCUT2D eigenvalue weighted by molar-refractivity contribution is -0.117. The number of carbonyl (C=O) groups is 1. The molecule has 9 nitrogen and oxygen atoms in total. The number of rotatable bonds is 7. The molecule has 4 rings (SSSR count). The Morgan fingerprint density at radius 1 is 1.10 bits per heavy atom. The van der Waals surface area contributed by atoms with Crippen molar-refractivity contribution in [3.63, 3.8) is 0 Å². The van der Waals surface area contributed by atoms with Crippen molar-refractivity contribution in [3.05, 3.63) is 89.2 Å². The number of nitrogens with one attached hydrogen (secondary N) is 1. The van der Waals surface area contributed by atoms with E-state index < -0.39 is 0 Å². The van der Waals surface area contributed by atoms with Gasteiger partial charge in [-0.1, -0.05) is 24.3 Å². The fraction of sp³-hybridized carbons (Fsp3) is 0.136. The number of ether oxygens (including phenoxy) is 1. The minimum atomic E-state index is -0.357. The van der Waals surface area contributed by atoms with Gasteiger partial charge >= 0.3 is 0 Å². The molecule has 0 aliphatic rings. The summed E-state index contributed by atoms with van der Waals surface area (Å²) >= 11 is 0. The number of amides is 1. The smallest absolute Gasteiger partial charge is 0.267 e. The van der Waals surface area contributed by atoms with Crippen LogP contribution in [0.25, 0.3) is 11.3 Å². The van der Waals surface area contributed by atoms with E-state index >= 15 is 0 Å². The molecule has 2 heterocycles. The van der Waals surface area contributed by atoms with Gasteiger partial charge in [0.2, 0.25) is 5.91 Å². The number of anilines is 1. The van der Waals surface area contributed by atoms with Gasteiger partial charge in [-0.3, -0.25) is 9.59 Å². The van der Waals surface area contributed by atoms with Crippen LogP contribution in [0.2, 0.25) is 0 Å². The molecule has 156 valence electrons. The first-order valence-corrected chi connectivity index (χ1v) is 9.54. The molecule has 2 aromatic heterocycles. The molecular weight excluding hydrogens is 396 g/mol. The van der Waals surface area contributed by atoms with Gasteiger partial charge < -0.3 is 10.1 Å². The third-order valence-electron chi connectivity index (χ3n) is 4.57. The zero-order valence-electron chi connectivity index (χ0n) is 16.8. The monoisotopic (exact) mass is 416 g/mol. The van der Waals surface area contributed by atoms with Crippen molar-refractivity contribution in [2.45, 2.75) is 13.1 Å². The highest BCUT2D eigenvalue weighted by Gasteiger charge is 2.09. The summed E-state index contributed by atoms with van der Waals surface area (Å²) in [5, 5.41) is 11.2. The van der Waals surface area contributed by atoms with Crippen molar-refractivity contribution >= 4 is 11.6 Å². The summed E-state index contributed by atoms with van der Waals surface area (Å²) in [6, 6.07) is 17.7. The van der Waals surface area contributed by atoms with Gasteiger partial charge in [0.25, 0.3) is 5.56 Å². The molecule has 0 aliphatic carbocycles. The maximum atomic E-state index is 12.5. The number of benzene rings is 2. The highest BCUT2D eigenvalue weighted by Crippen LogP contribution is 2.21. The highest BCUT2D eigenvalue weighted by molar-refractivity contribution is 5.90. The SMILES string of the molecule is COc1cccc(-c2ccc(=O)n(CC(=O)Nc3ccc(Cn4cncn4)cc3)n2)c1. The molecule has 1 N–H and O–H groups in total. The van der Waals surface area contributed by atoms with E-state index in [4.69, 9.17) is 4.74 Å². The van der Waals surface area contributed by atoms with Gasteiger partial charge in [-0.05, 0) is 35.9 Å². The normalized spacial score (nSPS) is 10.6. The molecule has 4 aromatic rings. The highest BCUT2D eigenvalue weighted by atomic mass is 16.5. The Hall–Kier alpha value is -4.27. The second-order valence-electron chi connectivity index (χ2n) is 6.78. The first kappa shape index (κ1) is 20.0. The van der Waals surface area contributed by atoms with Gasteiger partial charge in [0.05, 0.1) is 19.3 Å². The largest absolute Gasteiger partial charge is 0.497 e. The van der Waals surface area contributed by atoms with Gasteiger partial charge in [0, 0.05) is 17.3 Å². The van der Waals surface area contributed by atoms with E-state index in [1.807, 2.05) is 36.4 Å². The first-order valence-electron chi connectivity index (χ1n) is 9.54. The Bertz CT molecular complexity index is 1230. The number of methoxy groups -OCH3 is 1. The molecule has 0 bridgehead atoms. The van der Waals surface area contributed by atoms with E-state index in [0.29, 0.717) is 23.7 Å². The molecule has 0 saturated carbocycles. The topological polar surface area (TPSA) is 104 Å². The van der Waals surface area contributed by atoms with Crippen LogP contribution in [0.15, 0.2) is 78.1 Å². The Balaban J connectivity index is 1.44. The van der Waals surface area contributed by atoms with Crippen molar-refractivity contribution < 1.29 is 9.53 Å². The molecular formula is C22H20N6O3. The van der Waals surface area contributed by atoms with Crippen LogP contribution < -0.4 is 15.6 Å². The summed E-state index contributed by atoms with van der Waals surface area (Å²) in [7, 11) is 1.58. The lowest BCUT2D eigenvalue weighted by atomic mass is 10.1. The van der Waals surface area contributed by atoms with Gasteiger partial charge in [0.1, 0.15) is 24.9 Å². The second kappa shape index (κ2) is 9.04. The lowest BCUT2D eigenvalue weighted by Crippen LogP contribution is -2.29. The quantitative estimate of drug-likeness (QED) is 0.495. The summed E-state index contributed by atoms with van der Waals surface area (Å²) < 4.78 is 8.08. The second-order valence-corrected chi connectivity index (χ2v) is 6.78. The average molecular weight is 416 g/mol. The van der Waals surface area contributed by atoms with E-state index in [1.54, 1.807) is 36.3 Å². The number of carbonyl (C=O) groups excluding carboxylic acids is 1. The van der Waals surface area contributed by atoms with E-state index in [0.717, 1.165) is 15.8 Å². The molecule has 9 heteroatoms. The maximum Gasteiger partial charge on any atom is 0.267 e. The molecule has 0 fully saturated rings. The van der Waals surface area contributed by atoms with Crippen LogP contribution in [0.1, 0.15) is 5.56 Å². The predicted molar refractivity (Wildman–Crippen MR) is 115 cm³/mol. The Morgan fingerprint density at radius 3 is 2.68 bits per heavy atom. The Labute approximate surface area is 177 Å². The molecule has 0 aliphatic heterocycles. The minimum Gasteiger partial charge on any atom is -0.497 e. The summed E-state index contributed by atoms with van der Waals surface area (Å²) in [6.07, 6.45) is 3.12. The van der Waals surface area contributed by atoms with E-state index in [2.05, 4.69) is 20.5 Å². The average Bonchev–Trinajstić information content (AvgIpc) is 3.30. The number of nitrogens with zero attached hydrogens (tertiary/aromatic N) is 5. The van der Waals surface area contributed by atoms with Crippen LogP contribution in [0.5, 0.6) is 5.75 Å². The van der Waals surface area contributed by atoms with Crippen LogP contribution in [0.3, 0.4) is 0 Å². The standard InChI is InChI=1S/C22H20N6O3/c1-31-19-4-2-3-17(11-19)20-9-10-22(30)28(26-20)13-21(29)25-18-7-5-16(6-8-18)12-27-15-23-14-24-27/h2-11,14-15H,12-13H2,1H3,(H,25,29). The van der Waals surface area contributed by atoms with Gasteiger partial charge in [0.15, 0.2) is 0 Å². The molecule has 0 atom stereocenters. The Kier molecular flexibility index (Phi) is 5.84. The molecule has 0 radical (unpaired) electrons. The van der Waals surface area contributed by atoms with E-state index in [9.17, 15) is 9.59 Å². The van der Waals surface area contributed by atoms with Gasteiger partial charge in [-0.15, -0.1) is 0 Å². The molecule has 0 saturated heterocycles. The van der Waals surface area contributed by atoms with Crippen molar-refractivity contribution in [1.82, 2.24) is 24.5 Å². The molecule has 0 unspecified atom stereocenters. The molecule has 1 amide bonds. The van der Waals surface area contributed by atoms with Crippen molar-refractivity contribution in [2.75, 3.05) is 12.4 Å². The zero-order valence-corrected chi connectivity index (χ0v) is 16.8. The fourth-order valence-electron chi connectivity index (χ4n) is 3.03. The molecule has 31 heavy (non-hydrogen) atoms. The van der Waals surface area contributed by atoms with Crippen molar-refractivity contribution in [1.29, 1.82) is 0 Å². The van der Waals surface area contributed by atoms with Crippen LogP contribution in [-0.4, -0.2) is 37.6 Å². The summed E-state index contributed by atoms with van der Waals surface area (Å²) in [6.45, 7) is 0.391. The van der Waals surface area contributed by atoms with Crippen LogP contribution in [-0.2, 0) is 17.9 Å². The number of aromatic nitrogens is 5. The summed E-state index contributed by atoms with van der Waals surface area (Å²) in [5.41, 5.74) is 2.65. The summed E-state index contributed by atoms with van der Waals surface area (Å²) in [5.74, 6) is 0.337. The third-order valence-corrected chi connectivity index (χ3v) is 4.57. The van der Waals surface area contributed by atoms with Crippen molar-refractivity contribution in [2.24, 2.45) is 0 Å². The lowest BCUT2D eigenvalue weighted by Gasteiger charge is -2.09. The van der Waals surface area contributed by atoms with Crippen LogP contribution in [0, 0.1) is 0 Å². The zero-order chi connectivity index (χ0) is 21.6. The molecule has 2 aromatic carbocycles. The van der Waals surface area contributed by atoms with Crippen LogP contribution in [0.4, 0.5) is 5.69 Å². The Morgan fingerprint density at radius 2 is 1.94 bits per heavy atom. The number of hydrogen-bond donors (Lipinski definition) is 1. The minimum absolute atomic E-state index is 0.197. The van der Waals surface area contributed by atoms with Gasteiger partial charge in [-0.2, -0.15) is 10.2 Å². The number of hydrogen-bond acceptors (Lipinski definition) is 6. The molecule has 0 spiro atoms. The summed E-state index contributed by atoms with van der Waals surface area (Å²) in [4.78, 5) is 28.6.